The summed E-state index contributed by atoms with van der Waals surface area (Å²) in [5.74, 6) is 0.719. The monoisotopic (exact) mass is 318 g/mol. The molecule has 0 aliphatic carbocycles. The van der Waals surface area contributed by atoms with Crippen LogP contribution in [0.2, 0.25) is 5.02 Å². The lowest BCUT2D eigenvalue weighted by molar-refractivity contribution is -0.134. The average Bonchev–Trinajstić information content (AvgIpc) is 2.54. The lowest BCUT2D eigenvalue weighted by Gasteiger charge is -2.10. The molecule has 0 radical (unpaired) electrons. The van der Waals surface area contributed by atoms with Gasteiger partial charge in [0.05, 0.1) is 13.5 Å². The van der Waals surface area contributed by atoms with E-state index >= 15 is 0 Å². The lowest BCUT2D eigenvalue weighted by atomic mass is 10.1. The van der Waals surface area contributed by atoms with E-state index in [2.05, 4.69) is 6.92 Å². The molecule has 4 heteroatoms. The van der Waals surface area contributed by atoms with Gasteiger partial charge in [0.25, 0.3) is 0 Å². The number of methoxy groups -OCH3 is 1. The van der Waals surface area contributed by atoms with Crippen LogP contribution in [0.25, 0.3) is 0 Å². The number of carbonyl (C=O) groups is 1. The van der Waals surface area contributed by atoms with Crippen LogP contribution in [0.15, 0.2) is 42.5 Å². The number of rotatable bonds is 6. The summed E-state index contributed by atoms with van der Waals surface area (Å²) in [5.41, 5.74) is 2.07. The van der Waals surface area contributed by atoms with Gasteiger partial charge < -0.3 is 9.47 Å². The van der Waals surface area contributed by atoms with Gasteiger partial charge in [-0.3, -0.25) is 4.79 Å². The molecule has 0 aliphatic heterocycles. The number of halogens is 1. The molecule has 0 unspecified atom stereocenters. The molecule has 0 aromatic heterocycles. The molecule has 0 bridgehead atoms. The highest BCUT2D eigenvalue weighted by atomic mass is 35.5. The first kappa shape index (κ1) is 16.4. The van der Waals surface area contributed by atoms with Gasteiger partial charge in [-0.25, -0.2) is 0 Å². The summed E-state index contributed by atoms with van der Waals surface area (Å²) in [6.45, 7) is 2.06. The minimum Gasteiger partial charge on any atom is -0.493 e. The van der Waals surface area contributed by atoms with Crippen molar-refractivity contribution in [2.45, 2.75) is 26.2 Å². The van der Waals surface area contributed by atoms with Crippen molar-refractivity contribution in [3.8, 4) is 11.5 Å². The topological polar surface area (TPSA) is 35.5 Å². The largest absolute Gasteiger partial charge is 0.493 e. The number of carbonyl (C=O) groups excluding carboxylic acids is 1. The van der Waals surface area contributed by atoms with E-state index in [0.29, 0.717) is 22.9 Å². The Labute approximate surface area is 135 Å². The van der Waals surface area contributed by atoms with Crippen molar-refractivity contribution >= 4 is 17.6 Å². The fourth-order valence-corrected chi connectivity index (χ4v) is 2.36. The Bertz CT molecular complexity index is 653. The Balaban J connectivity index is 1.99. The minimum absolute atomic E-state index is 0.266. The van der Waals surface area contributed by atoms with Crippen LogP contribution in [0, 0.1) is 0 Å². The highest BCUT2D eigenvalue weighted by molar-refractivity contribution is 6.31. The molecule has 0 amide bonds. The Kier molecular flexibility index (Phi) is 5.84. The molecule has 0 fully saturated rings. The van der Waals surface area contributed by atoms with E-state index in [4.69, 9.17) is 21.1 Å². The van der Waals surface area contributed by atoms with Gasteiger partial charge in [-0.2, -0.15) is 0 Å². The van der Waals surface area contributed by atoms with E-state index in [-0.39, 0.29) is 12.4 Å². The van der Waals surface area contributed by atoms with Crippen molar-refractivity contribution in [2.75, 3.05) is 7.11 Å². The quantitative estimate of drug-likeness (QED) is 0.583. The molecular formula is C18H19ClO3. The summed E-state index contributed by atoms with van der Waals surface area (Å²) in [4.78, 5) is 12.0. The molecule has 2 rings (SSSR count). The maximum atomic E-state index is 12.0. The molecule has 22 heavy (non-hydrogen) atoms. The van der Waals surface area contributed by atoms with Crippen molar-refractivity contribution in [2.24, 2.45) is 0 Å². The summed E-state index contributed by atoms with van der Waals surface area (Å²) >= 11 is 6.08. The molecule has 0 saturated heterocycles. The standard InChI is InChI=1S/C18H19ClO3/c1-3-13-8-10-16(17(12-13)21-2)22-18(20)11-9-14-6-4-5-7-15(14)19/h4-8,10,12H,3,9,11H2,1-2H3. The van der Waals surface area contributed by atoms with Crippen LogP contribution in [0.3, 0.4) is 0 Å². The molecule has 0 aliphatic rings. The third-order valence-corrected chi connectivity index (χ3v) is 3.79. The van der Waals surface area contributed by atoms with Crippen LogP contribution in [0.4, 0.5) is 0 Å². The van der Waals surface area contributed by atoms with Crippen molar-refractivity contribution < 1.29 is 14.3 Å². The normalized spacial score (nSPS) is 10.3. The van der Waals surface area contributed by atoms with E-state index < -0.39 is 0 Å². The summed E-state index contributed by atoms with van der Waals surface area (Å²) < 4.78 is 10.7. The first-order chi connectivity index (χ1) is 10.6. The maximum Gasteiger partial charge on any atom is 0.311 e. The second kappa shape index (κ2) is 7.85. The van der Waals surface area contributed by atoms with E-state index in [0.717, 1.165) is 17.5 Å². The second-order valence-corrected chi connectivity index (χ2v) is 5.31. The van der Waals surface area contributed by atoms with Gasteiger partial charge in [0.2, 0.25) is 0 Å². The van der Waals surface area contributed by atoms with E-state index in [9.17, 15) is 4.79 Å². The van der Waals surface area contributed by atoms with Crippen LogP contribution in [-0.4, -0.2) is 13.1 Å². The summed E-state index contributed by atoms with van der Waals surface area (Å²) in [5, 5.41) is 0.667. The average molecular weight is 319 g/mol. The zero-order valence-corrected chi connectivity index (χ0v) is 13.5. The first-order valence-corrected chi connectivity index (χ1v) is 7.62. The molecular weight excluding hydrogens is 300 g/mol. The van der Waals surface area contributed by atoms with E-state index in [1.165, 1.54) is 0 Å². The van der Waals surface area contributed by atoms with E-state index in [1.807, 2.05) is 36.4 Å². The molecule has 0 spiro atoms. The van der Waals surface area contributed by atoms with Crippen molar-refractivity contribution in [3.05, 3.63) is 58.6 Å². The molecule has 2 aromatic rings. The molecule has 0 N–H and O–H groups in total. The fraction of sp³-hybridized carbons (Fsp3) is 0.278. The predicted octanol–water partition coefficient (Wildman–Crippen LogP) is 4.45. The van der Waals surface area contributed by atoms with Crippen LogP contribution in [-0.2, 0) is 17.6 Å². The number of esters is 1. The van der Waals surface area contributed by atoms with Gasteiger partial charge in [0.1, 0.15) is 0 Å². The van der Waals surface area contributed by atoms with Crippen molar-refractivity contribution in [3.63, 3.8) is 0 Å². The highest BCUT2D eigenvalue weighted by Gasteiger charge is 2.11. The molecule has 2 aromatic carbocycles. The third kappa shape index (κ3) is 4.25. The molecule has 116 valence electrons. The summed E-state index contributed by atoms with van der Waals surface area (Å²) in [7, 11) is 1.57. The fourth-order valence-electron chi connectivity index (χ4n) is 2.13. The lowest BCUT2D eigenvalue weighted by Crippen LogP contribution is -2.10. The number of aryl methyl sites for hydroxylation is 2. The van der Waals surface area contributed by atoms with Crippen LogP contribution >= 0.6 is 11.6 Å². The van der Waals surface area contributed by atoms with Crippen LogP contribution < -0.4 is 9.47 Å². The highest BCUT2D eigenvalue weighted by Crippen LogP contribution is 2.28. The maximum absolute atomic E-state index is 12.0. The van der Waals surface area contributed by atoms with Crippen LogP contribution in [0.5, 0.6) is 11.5 Å². The predicted molar refractivity (Wildman–Crippen MR) is 87.8 cm³/mol. The zero-order chi connectivity index (χ0) is 15.9. The molecule has 0 heterocycles. The number of ether oxygens (including phenoxy) is 2. The van der Waals surface area contributed by atoms with Gasteiger partial charge in [0.15, 0.2) is 11.5 Å². The third-order valence-electron chi connectivity index (χ3n) is 3.42. The van der Waals surface area contributed by atoms with Gasteiger partial charge in [-0.1, -0.05) is 42.8 Å². The molecule has 0 saturated carbocycles. The van der Waals surface area contributed by atoms with Gasteiger partial charge in [-0.15, -0.1) is 0 Å². The number of benzene rings is 2. The van der Waals surface area contributed by atoms with Gasteiger partial charge >= 0.3 is 5.97 Å². The van der Waals surface area contributed by atoms with Crippen molar-refractivity contribution in [1.29, 1.82) is 0 Å². The Hall–Kier alpha value is -2.00. The van der Waals surface area contributed by atoms with Gasteiger partial charge in [0, 0.05) is 5.02 Å². The summed E-state index contributed by atoms with van der Waals surface area (Å²) in [6.07, 6.45) is 1.72. The number of hydrogen-bond acceptors (Lipinski definition) is 3. The summed E-state index contributed by atoms with van der Waals surface area (Å²) in [6, 6.07) is 13.1. The molecule has 0 atom stereocenters. The minimum atomic E-state index is -0.303. The smallest absolute Gasteiger partial charge is 0.311 e. The number of hydrogen-bond donors (Lipinski definition) is 0. The van der Waals surface area contributed by atoms with Crippen LogP contribution in [0.1, 0.15) is 24.5 Å². The Morgan fingerprint density at radius 3 is 2.59 bits per heavy atom. The first-order valence-electron chi connectivity index (χ1n) is 7.25. The van der Waals surface area contributed by atoms with Crippen molar-refractivity contribution in [1.82, 2.24) is 0 Å². The SMILES string of the molecule is CCc1ccc(OC(=O)CCc2ccccc2Cl)c(OC)c1. The zero-order valence-electron chi connectivity index (χ0n) is 12.8. The molecule has 3 nitrogen and oxygen atoms in total. The Morgan fingerprint density at radius 2 is 1.91 bits per heavy atom. The van der Waals surface area contributed by atoms with Gasteiger partial charge in [-0.05, 0) is 42.2 Å². The van der Waals surface area contributed by atoms with E-state index in [1.54, 1.807) is 13.2 Å². The second-order valence-electron chi connectivity index (χ2n) is 4.90. The Morgan fingerprint density at radius 1 is 1.14 bits per heavy atom.